The smallest absolute Gasteiger partial charge is 0.232 e. The van der Waals surface area contributed by atoms with Gasteiger partial charge in [0.2, 0.25) is 5.91 Å². The fourth-order valence-electron chi connectivity index (χ4n) is 10.0. The van der Waals surface area contributed by atoms with Crippen molar-refractivity contribution in [3.63, 3.8) is 0 Å². The third kappa shape index (κ3) is 3.98. The van der Waals surface area contributed by atoms with Gasteiger partial charge in [-0.25, -0.2) is 0 Å². The topological polar surface area (TPSA) is 75.3 Å². The highest BCUT2D eigenvalue weighted by atomic mass is 32.1. The van der Waals surface area contributed by atoms with Crippen LogP contribution >= 0.6 is 12.2 Å². The Bertz CT molecular complexity index is 1040. The maximum absolute atomic E-state index is 13.8. The number of carbonyl (C=O) groups is 3. The van der Waals surface area contributed by atoms with Gasteiger partial charge in [-0.1, -0.05) is 59.1 Å². The molecule has 0 aromatic carbocycles. The standard InChI is InChI=1S/C31H46N2O3S/c1-6-7-15-32-28(37)33-27(36)30(5)13-8-12-29(4)23(30)11-14-31-17-20(18(2)3)19(16-24(29)31)25-21(34)9-10-22(35)26(25)31/h17-19,23-26H,6-16H2,1-5H3,(H2,32,33,36,37). The van der Waals surface area contributed by atoms with Gasteiger partial charge in [0.25, 0.3) is 0 Å². The molecule has 6 aliphatic rings. The Hall–Kier alpha value is -1.56. The minimum absolute atomic E-state index is 0.0388. The summed E-state index contributed by atoms with van der Waals surface area (Å²) in [7, 11) is 0. The van der Waals surface area contributed by atoms with Gasteiger partial charge < -0.3 is 10.6 Å². The van der Waals surface area contributed by atoms with E-state index in [9.17, 15) is 14.4 Å². The number of hydrogen-bond donors (Lipinski definition) is 2. The van der Waals surface area contributed by atoms with Crippen LogP contribution in [0, 0.1) is 51.8 Å². The lowest BCUT2D eigenvalue weighted by Crippen LogP contribution is -2.67. The Morgan fingerprint density at radius 2 is 1.84 bits per heavy atom. The molecule has 0 heterocycles. The largest absolute Gasteiger partial charge is 0.362 e. The minimum atomic E-state index is -0.488. The van der Waals surface area contributed by atoms with E-state index >= 15 is 0 Å². The van der Waals surface area contributed by atoms with Crippen molar-refractivity contribution in [3.05, 3.63) is 11.6 Å². The summed E-state index contributed by atoms with van der Waals surface area (Å²) in [5.41, 5.74) is 0.659. The summed E-state index contributed by atoms with van der Waals surface area (Å²) in [6.07, 6.45) is 11.2. The van der Waals surface area contributed by atoms with Crippen LogP contribution in [0.5, 0.6) is 0 Å². The van der Waals surface area contributed by atoms with E-state index in [2.05, 4.69) is 51.3 Å². The molecular weight excluding hydrogens is 480 g/mol. The lowest BCUT2D eigenvalue weighted by atomic mass is 9.33. The second-order valence-electron chi connectivity index (χ2n) is 13.7. The maximum atomic E-state index is 13.8. The highest BCUT2D eigenvalue weighted by Gasteiger charge is 2.70. The molecule has 2 N–H and O–H groups in total. The van der Waals surface area contributed by atoms with Crippen molar-refractivity contribution in [1.29, 1.82) is 0 Å². The first kappa shape index (κ1) is 27.0. The summed E-state index contributed by atoms with van der Waals surface area (Å²) in [6.45, 7) is 12.0. The highest BCUT2D eigenvalue weighted by molar-refractivity contribution is 7.80. The van der Waals surface area contributed by atoms with E-state index in [0.717, 1.165) is 57.9 Å². The molecule has 37 heavy (non-hydrogen) atoms. The number of hydrogen-bond acceptors (Lipinski definition) is 4. The molecule has 4 saturated carbocycles. The average Bonchev–Trinajstić information content (AvgIpc) is 2.85. The molecule has 4 fully saturated rings. The SMILES string of the molecule is CCCCNC(=S)NC(=O)C1(C)CCCC2(C)C1CCC13C=C(C(C)C)C(CC21)C1C(=O)CCC(=O)C13. The predicted octanol–water partition coefficient (Wildman–Crippen LogP) is 5.77. The summed E-state index contributed by atoms with van der Waals surface area (Å²) >= 11 is 5.48. The molecule has 6 heteroatoms. The van der Waals surface area contributed by atoms with Crippen LogP contribution in [-0.4, -0.2) is 29.1 Å². The quantitative estimate of drug-likeness (QED) is 0.270. The number of thiocarbonyl (C=S) groups is 1. The van der Waals surface area contributed by atoms with E-state index < -0.39 is 5.41 Å². The number of unbranched alkanes of at least 4 members (excludes halogenated alkanes) is 1. The summed E-state index contributed by atoms with van der Waals surface area (Å²) < 4.78 is 0. The number of amides is 1. The molecule has 0 aromatic rings. The lowest BCUT2D eigenvalue weighted by molar-refractivity contribution is -0.194. The van der Waals surface area contributed by atoms with Crippen molar-refractivity contribution < 1.29 is 14.4 Å². The zero-order valence-electron chi connectivity index (χ0n) is 23.5. The second-order valence-corrected chi connectivity index (χ2v) is 14.1. The van der Waals surface area contributed by atoms with Crippen LogP contribution in [0.1, 0.15) is 98.8 Å². The second kappa shape index (κ2) is 9.57. The maximum Gasteiger partial charge on any atom is 0.232 e. The molecule has 0 aromatic heterocycles. The van der Waals surface area contributed by atoms with Crippen LogP contribution in [0.15, 0.2) is 11.6 Å². The van der Waals surface area contributed by atoms with Crippen LogP contribution in [0.2, 0.25) is 0 Å². The van der Waals surface area contributed by atoms with Gasteiger partial charge in [-0.3, -0.25) is 14.4 Å². The number of rotatable bonds is 5. The molecule has 0 saturated heterocycles. The Morgan fingerprint density at radius 1 is 1.11 bits per heavy atom. The zero-order valence-corrected chi connectivity index (χ0v) is 24.3. The Balaban J connectivity index is 1.49. The van der Waals surface area contributed by atoms with Gasteiger partial charge in [0, 0.05) is 36.6 Å². The first-order valence-corrected chi connectivity index (χ1v) is 15.3. The molecular formula is C31H46N2O3S. The van der Waals surface area contributed by atoms with Crippen LogP contribution in [-0.2, 0) is 14.4 Å². The first-order valence-electron chi connectivity index (χ1n) is 14.9. The zero-order chi connectivity index (χ0) is 26.8. The first-order chi connectivity index (χ1) is 17.5. The van der Waals surface area contributed by atoms with Crippen molar-refractivity contribution in [3.8, 4) is 0 Å². The number of Topliss-reactive ketones (excluding diaryl/α,β-unsaturated/α-hetero) is 2. The molecule has 8 unspecified atom stereocenters. The fraction of sp³-hybridized carbons (Fsp3) is 0.806. The average molecular weight is 527 g/mol. The molecule has 6 aliphatic carbocycles. The normalized spacial score (nSPS) is 42.4. The number of ketones is 2. The summed E-state index contributed by atoms with van der Waals surface area (Å²) in [6, 6.07) is 0. The van der Waals surface area contributed by atoms with Gasteiger partial charge in [-0.15, -0.1) is 0 Å². The highest BCUT2D eigenvalue weighted by Crippen LogP contribution is 2.74. The molecule has 6 rings (SSSR count). The van der Waals surface area contributed by atoms with Crippen molar-refractivity contribution in [1.82, 2.24) is 10.6 Å². The molecule has 2 bridgehead atoms. The molecule has 1 spiro atoms. The molecule has 5 nitrogen and oxygen atoms in total. The van der Waals surface area contributed by atoms with Crippen LogP contribution in [0.25, 0.3) is 0 Å². The van der Waals surface area contributed by atoms with Crippen molar-refractivity contribution in [2.75, 3.05) is 6.54 Å². The molecule has 8 atom stereocenters. The number of nitrogens with one attached hydrogen (secondary N) is 2. The van der Waals surface area contributed by atoms with E-state index in [4.69, 9.17) is 12.2 Å². The predicted molar refractivity (Wildman–Crippen MR) is 150 cm³/mol. The van der Waals surface area contributed by atoms with E-state index in [-0.39, 0.29) is 40.4 Å². The Labute approximate surface area is 228 Å². The third-order valence-corrected chi connectivity index (χ3v) is 11.8. The summed E-state index contributed by atoms with van der Waals surface area (Å²) in [4.78, 5) is 40.7. The number of fused-ring (bicyclic) bond motifs is 1. The Kier molecular flexibility index (Phi) is 6.99. The Morgan fingerprint density at radius 3 is 2.54 bits per heavy atom. The van der Waals surface area contributed by atoms with Crippen molar-refractivity contribution >= 4 is 34.8 Å². The van der Waals surface area contributed by atoms with Crippen LogP contribution in [0.4, 0.5) is 0 Å². The molecule has 204 valence electrons. The monoisotopic (exact) mass is 526 g/mol. The molecule has 0 aliphatic heterocycles. The van der Waals surface area contributed by atoms with Gasteiger partial charge in [0.05, 0.1) is 5.41 Å². The van der Waals surface area contributed by atoms with Crippen LogP contribution < -0.4 is 10.6 Å². The minimum Gasteiger partial charge on any atom is -0.362 e. The fourth-order valence-corrected chi connectivity index (χ4v) is 10.2. The van der Waals surface area contributed by atoms with Crippen molar-refractivity contribution in [2.45, 2.75) is 98.8 Å². The summed E-state index contributed by atoms with van der Waals surface area (Å²) in [5, 5.41) is 6.69. The van der Waals surface area contributed by atoms with Gasteiger partial charge in [0.1, 0.15) is 11.6 Å². The van der Waals surface area contributed by atoms with Crippen LogP contribution in [0.3, 0.4) is 0 Å². The van der Waals surface area contributed by atoms with Gasteiger partial charge in [-0.05, 0) is 79.8 Å². The van der Waals surface area contributed by atoms with Gasteiger partial charge in [-0.2, -0.15) is 0 Å². The summed E-state index contributed by atoms with van der Waals surface area (Å²) in [5.74, 6) is 1.57. The third-order valence-electron chi connectivity index (χ3n) is 11.6. The number of allylic oxidation sites excluding steroid dienone is 2. The van der Waals surface area contributed by atoms with Gasteiger partial charge >= 0.3 is 0 Å². The van der Waals surface area contributed by atoms with E-state index in [1.165, 1.54) is 5.57 Å². The molecule has 1 amide bonds. The lowest BCUT2D eigenvalue weighted by Gasteiger charge is -2.70. The van der Waals surface area contributed by atoms with Crippen molar-refractivity contribution in [2.24, 2.45) is 51.8 Å². The van der Waals surface area contributed by atoms with E-state index in [1.54, 1.807) is 0 Å². The van der Waals surface area contributed by atoms with E-state index in [0.29, 0.717) is 41.4 Å². The van der Waals surface area contributed by atoms with Gasteiger partial charge in [0.15, 0.2) is 5.11 Å². The number of carbonyl (C=O) groups excluding carboxylic acids is 3. The van der Waals surface area contributed by atoms with E-state index in [1.807, 2.05) is 0 Å². The molecule has 0 radical (unpaired) electrons.